The van der Waals surface area contributed by atoms with E-state index < -0.39 is 42.3 Å². The molecule has 4 amide bonds. The molecule has 0 spiro atoms. The Hall–Kier alpha value is -3.79. The summed E-state index contributed by atoms with van der Waals surface area (Å²) in [5, 5.41) is 15.3. The number of carboxylic acids is 1. The number of urea groups is 1. The first kappa shape index (κ1) is 26.8. The van der Waals surface area contributed by atoms with Gasteiger partial charge < -0.3 is 25.2 Å². The fraction of sp³-hybridized carbons (Fsp3) is 0.360. The number of nitrogens with zero attached hydrogens (tertiary/aromatic N) is 1. The van der Waals surface area contributed by atoms with Gasteiger partial charge in [-0.1, -0.05) is 24.6 Å². The minimum atomic E-state index is -1.14. The molecule has 1 fully saturated rings. The topological polar surface area (TPSA) is 134 Å². The average Bonchev–Trinajstić information content (AvgIpc) is 3.00. The summed E-state index contributed by atoms with van der Waals surface area (Å²) in [5.74, 6) is -2.14. The van der Waals surface area contributed by atoms with Crippen LogP contribution in [0.25, 0.3) is 0 Å². The largest absolute Gasteiger partial charge is 0.496 e. The van der Waals surface area contributed by atoms with Crippen LogP contribution in [0, 0.1) is 5.92 Å². The van der Waals surface area contributed by atoms with E-state index in [4.69, 9.17) is 21.1 Å². The highest BCUT2D eigenvalue weighted by Gasteiger charge is 2.35. The zero-order chi connectivity index (χ0) is 26.4. The maximum absolute atomic E-state index is 13.4. The number of benzene rings is 2. The molecular formula is C25H28ClN3O7. The van der Waals surface area contributed by atoms with Gasteiger partial charge in [0.05, 0.1) is 26.2 Å². The molecule has 10 nitrogen and oxygen atoms in total. The van der Waals surface area contributed by atoms with Gasteiger partial charge in [0.1, 0.15) is 23.6 Å². The first-order valence-corrected chi connectivity index (χ1v) is 11.7. The van der Waals surface area contributed by atoms with E-state index in [1.165, 1.54) is 26.4 Å². The number of carbonyl (C=O) groups is 4. The number of imide groups is 1. The highest BCUT2D eigenvalue weighted by atomic mass is 35.5. The summed E-state index contributed by atoms with van der Waals surface area (Å²) in [6, 6.07) is 8.26. The lowest BCUT2D eigenvalue weighted by Gasteiger charge is -2.26. The van der Waals surface area contributed by atoms with Crippen LogP contribution in [0.4, 0.5) is 4.79 Å². The van der Waals surface area contributed by atoms with Crippen molar-refractivity contribution in [3.8, 4) is 11.5 Å². The predicted molar refractivity (Wildman–Crippen MR) is 131 cm³/mol. The molecular weight excluding hydrogens is 490 g/mol. The highest BCUT2D eigenvalue weighted by molar-refractivity contribution is 6.30. The van der Waals surface area contributed by atoms with Gasteiger partial charge in [0.2, 0.25) is 11.8 Å². The summed E-state index contributed by atoms with van der Waals surface area (Å²) in [4.78, 5) is 51.2. The SMILES string of the molecule is CC[C@@H](NC(=O)N1CC(=O)NC[C@@H](Cc2cc(Cl)ccc2OC)C1=O)c1ccc(C(=O)O)c(OC)c1. The van der Waals surface area contributed by atoms with Gasteiger partial charge in [0.15, 0.2) is 0 Å². The predicted octanol–water partition coefficient (Wildman–Crippen LogP) is 3.03. The molecule has 1 heterocycles. The summed E-state index contributed by atoms with van der Waals surface area (Å²) in [6.07, 6.45) is 0.649. The summed E-state index contributed by atoms with van der Waals surface area (Å²) < 4.78 is 10.5. The zero-order valence-electron chi connectivity index (χ0n) is 20.2. The molecule has 0 saturated carbocycles. The summed E-state index contributed by atoms with van der Waals surface area (Å²) in [6.45, 7) is 1.46. The van der Waals surface area contributed by atoms with Crippen molar-refractivity contribution < 1.29 is 33.8 Å². The maximum Gasteiger partial charge on any atom is 0.339 e. The number of methoxy groups -OCH3 is 2. The van der Waals surface area contributed by atoms with E-state index in [1.807, 2.05) is 6.92 Å². The second-order valence-corrected chi connectivity index (χ2v) is 8.70. The van der Waals surface area contributed by atoms with Crippen LogP contribution < -0.4 is 20.1 Å². The van der Waals surface area contributed by atoms with Crippen LogP contribution >= 0.6 is 11.6 Å². The van der Waals surface area contributed by atoms with E-state index in [1.54, 1.807) is 24.3 Å². The van der Waals surface area contributed by atoms with E-state index in [-0.39, 0.29) is 24.3 Å². The number of hydrogen-bond acceptors (Lipinski definition) is 6. The van der Waals surface area contributed by atoms with Crippen molar-refractivity contribution in [1.29, 1.82) is 0 Å². The first-order chi connectivity index (χ1) is 17.2. The van der Waals surface area contributed by atoms with Crippen molar-refractivity contribution in [1.82, 2.24) is 15.5 Å². The fourth-order valence-electron chi connectivity index (χ4n) is 4.07. The van der Waals surface area contributed by atoms with Gasteiger partial charge in [-0.05, 0) is 54.3 Å². The smallest absolute Gasteiger partial charge is 0.339 e. The standard InChI is InChI=1S/C25H28ClN3O7/c1-4-19(14-5-7-18(24(32)33)21(11-14)36-3)28-25(34)29-13-22(30)27-12-16(23(29)31)9-15-10-17(26)6-8-20(15)35-2/h5-8,10-11,16,19H,4,9,12-13H2,1-3H3,(H,27,30)(H,28,34)(H,32,33)/t16-,19-/m1/s1. The second-order valence-electron chi connectivity index (χ2n) is 8.26. The normalized spacial score (nSPS) is 16.6. The Bertz CT molecular complexity index is 1170. The van der Waals surface area contributed by atoms with Crippen molar-refractivity contribution in [3.05, 3.63) is 58.1 Å². The summed E-state index contributed by atoms with van der Waals surface area (Å²) in [7, 11) is 2.86. The monoisotopic (exact) mass is 517 g/mol. The Morgan fingerprint density at radius 3 is 2.53 bits per heavy atom. The van der Waals surface area contributed by atoms with Crippen LogP contribution in [0.3, 0.4) is 0 Å². The third kappa shape index (κ3) is 6.06. The van der Waals surface area contributed by atoms with Crippen LogP contribution in [0.1, 0.15) is 40.9 Å². The molecule has 11 heteroatoms. The van der Waals surface area contributed by atoms with Crippen LogP contribution in [-0.2, 0) is 16.0 Å². The number of nitrogens with one attached hydrogen (secondary N) is 2. The number of carbonyl (C=O) groups excluding carboxylic acids is 3. The van der Waals surface area contributed by atoms with Gasteiger partial charge in [-0.2, -0.15) is 0 Å². The van der Waals surface area contributed by atoms with Gasteiger partial charge in [-0.3, -0.25) is 14.5 Å². The van der Waals surface area contributed by atoms with Crippen molar-refractivity contribution in [2.24, 2.45) is 5.92 Å². The zero-order valence-corrected chi connectivity index (χ0v) is 20.9. The number of ether oxygens (including phenoxy) is 2. The Kier molecular flexibility index (Phi) is 8.76. The van der Waals surface area contributed by atoms with E-state index in [0.29, 0.717) is 28.3 Å². The van der Waals surface area contributed by atoms with E-state index in [2.05, 4.69) is 10.6 Å². The Labute approximate surface area is 213 Å². The quantitative estimate of drug-likeness (QED) is 0.490. The summed E-state index contributed by atoms with van der Waals surface area (Å²) in [5.41, 5.74) is 1.26. The molecule has 2 aromatic carbocycles. The molecule has 0 unspecified atom stereocenters. The molecule has 1 aliphatic heterocycles. The third-order valence-electron chi connectivity index (χ3n) is 5.98. The van der Waals surface area contributed by atoms with Gasteiger partial charge in [-0.25, -0.2) is 9.59 Å². The lowest BCUT2D eigenvalue weighted by Crippen LogP contribution is -2.48. The molecule has 36 heavy (non-hydrogen) atoms. The van der Waals surface area contributed by atoms with Gasteiger partial charge >= 0.3 is 12.0 Å². The highest BCUT2D eigenvalue weighted by Crippen LogP contribution is 2.28. The molecule has 192 valence electrons. The molecule has 2 atom stereocenters. The number of rotatable bonds is 8. The summed E-state index contributed by atoms with van der Waals surface area (Å²) >= 11 is 6.12. The van der Waals surface area contributed by atoms with Gasteiger partial charge in [0.25, 0.3) is 0 Å². The average molecular weight is 518 g/mol. The Balaban J connectivity index is 1.82. The number of amides is 4. The van der Waals surface area contributed by atoms with Crippen LogP contribution in [0.15, 0.2) is 36.4 Å². The molecule has 3 rings (SSSR count). The maximum atomic E-state index is 13.4. The number of aromatic carboxylic acids is 1. The second kappa shape index (κ2) is 11.8. The van der Waals surface area contributed by atoms with Gasteiger partial charge in [0, 0.05) is 11.6 Å². The molecule has 0 aliphatic carbocycles. The Morgan fingerprint density at radius 2 is 1.89 bits per heavy atom. The molecule has 3 N–H and O–H groups in total. The lowest BCUT2D eigenvalue weighted by molar-refractivity contribution is -0.133. The van der Waals surface area contributed by atoms with Crippen LogP contribution in [0.5, 0.6) is 11.5 Å². The van der Waals surface area contributed by atoms with E-state index >= 15 is 0 Å². The molecule has 1 aliphatic rings. The lowest BCUT2D eigenvalue weighted by atomic mass is 9.97. The van der Waals surface area contributed by atoms with Crippen LogP contribution in [0.2, 0.25) is 5.02 Å². The van der Waals surface area contributed by atoms with Crippen molar-refractivity contribution in [2.75, 3.05) is 27.3 Å². The number of halogens is 1. The minimum Gasteiger partial charge on any atom is -0.496 e. The molecule has 0 radical (unpaired) electrons. The Morgan fingerprint density at radius 1 is 1.17 bits per heavy atom. The van der Waals surface area contributed by atoms with E-state index in [9.17, 15) is 24.3 Å². The molecule has 0 bridgehead atoms. The molecule has 2 aromatic rings. The van der Waals surface area contributed by atoms with Crippen molar-refractivity contribution in [2.45, 2.75) is 25.8 Å². The fourth-order valence-corrected chi connectivity index (χ4v) is 4.27. The van der Waals surface area contributed by atoms with Crippen molar-refractivity contribution >= 4 is 35.4 Å². The number of hydrogen-bond donors (Lipinski definition) is 3. The first-order valence-electron chi connectivity index (χ1n) is 11.3. The van der Waals surface area contributed by atoms with Gasteiger partial charge in [-0.15, -0.1) is 0 Å². The molecule has 0 aromatic heterocycles. The van der Waals surface area contributed by atoms with Crippen LogP contribution in [-0.4, -0.2) is 61.1 Å². The number of carboxylic acid groups (broad SMARTS) is 1. The minimum absolute atomic E-state index is 0.0129. The van der Waals surface area contributed by atoms with E-state index in [0.717, 1.165) is 4.90 Å². The molecule has 1 saturated heterocycles. The third-order valence-corrected chi connectivity index (χ3v) is 6.22. The van der Waals surface area contributed by atoms with Crippen molar-refractivity contribution in [3.63, 3.8) is 0 Å².